The fourth-order valence-electron chi connectivity index (χ4n) is 2.27. The minimum Gasteiger partial charge on any atom is -0.354 e. The maximum Gasteiger partial charge on any atom is 0.511 e. The Morgan fingerprint density at radius 2 is 2.00 bits per heavy atom. The Hall–Kier alpha value is -1.42. The second-order valence-corrected chi connectivity index (χ2v) is 7.13. The van der Waals surface area contributed by atoms with E-state index >= 15 is 0 Å². The molecule has 0 unspecified atom stereocenters. The highest BCUT2D eigenvalue weighted by Gasteiger charge is 2.50. The zero-order chi connectivity index (χ0) is 16.4. The number of halogens is 3. The Bertz CT molecular complexity index is 613. The maximum atomic E-state index is 12.5. The van der Waals surface area contributed by atoms with Crippen LogP contribution in [-0.2, 0) is 10.0 Å². The molecule has 0 aliphatic carbocycles. The van der Waals surface area contributed by atoms with E-state index in [1.54, 1.807) is 12.3 Å². The van der Waals surface area contributed by atoms with Gasteiger partial charge in [0.05, 0.1) is 0 Å². The number of aryl methyl sites for hydroxylation is 1. The van der Waals surface area contributed by atoms with Gasteiger partial charge in [0, 0.05) is 31.5 Å². The summed E-state index contributed by atoms with van der Waals surface area (Å²) < 4.78 is 60.5. The van der Waals surface area contributed by atoms with Gasteiger partial charge in [0.25, 0.3) is 0 Å². The number of nitrogens with zero attached hydrogens (tertiary/aromatic N) is 3. The van der Waals surface area contributed by atoms with Crippen LogP contribution in [0.5, 0.6) is 0 Å². The van der Waals surface area contributed by atoms with Gasteiger partial charge in [-0.3, -0.25) is 0 Å². The molecular weight excluding hydrogens is 321 g/mol. The first-order valence-electron chi connectivity index (χ1n) is 6.80. The number of rotatable bonds is 4. The van der Waals surface area contributed by atoms with Gasteiger partial charge in [0.15, 0.2) is 0 Å². The average Bonchev–Trinajstić information content (AvgIpc) is 2.44. The second kappa shape index (κ2) is 6.37. The lowest BCUT2D eigenvalue weighted by atomic mass is 9.98. The molecule has 1 saturated heterocycles. The minimum atomic E-state index is -5.23. The molecule has 1 aliphatic rings. The van der Waals surface area contributed by atoms with E-state index in [4.69, 9.17) is 0 Å². The van der Waals surface area contributed by atoms with Crippen LogP contribution in [0.1, 0.15) is 18.5 Å². The third-order valence-corrected chi connectivity index (χ3v) is 5.18. The highest BCUT2D eigenvalue weighted by Crippen LogP contribution is 2.30. The van der Waals surface area contributed by atoms with Gasteiger partial charge in [-0.2, -0.15) is 17.5 Å². The summed E-state index contributed by atoms with van der Waals surface area (Å²) in [5.41, 5.74) is -4.42. The number of piperidine rings is 1. The molecule has 0 amide bonds. The van der Waals surface area contributed by atoms with Crippen LogP contribution in [0.25, 0.3) is 0 Å². The Balaban J connectivity index is 1.85. The fraction of sp³-hybridized carbons (Fsp3) is 0.667. The van der Waals surface area contributed by atoms with Crippen molar-refractivity contribution in [2.45, 2.75) is 25.3 Å². The Labute approximate surface area is 126 Å². The number of hydrogen-bond acceptors (Lipinski definition) is 5. The molecule has 0 radical (unpaired) electrons. The Kier molecular flexibility index (Phi) is 4.90. The molecule has 0 bridgehead atoms. The van der Waals surface area contributed by atoms with Crippen molar-refractivity contribution in [3.63, 3.8) is 0 Å². The molecule has 1 aliphatic heterocycles. The van der Waals surface area contributed by atoms with E-state index in [0.29, 0.717) is 29.6 Å². The predicted molar refractivity (Wildman–Crippen MR) is 74.5 cm³/mol. The molecule has 1 N–H and O–H groups in total. The lowest BCUT2D eigenvalue weighted by Crippen LogP contribution is -2.45. The first kappa shape index (κ1) is 16.9. The molecule has 0 spiro atoms. The van der Waals surface area contributed by atoms with Gasteiger partial charge in [-0.15, -0.1) is 0 Å². The first-order chi connectivity index (χ1) is 10.2. The van der Waals surface area contributed by atoms with Crippen LogP contribution in [0.15, 0.2) is 12.3 Å². The molecule has 6 nitrogen and oxygen atoms in total. The van der Waals surface area contributed by atoms with Gasteiger partial charge in [0.2, 0.25) is 5.95 Å². The summed E-state index contributed by atoms with van der Waals surface area (Å²) in [6.45, 7) is 2.09. The predicted octanol–water partition coefficient (Wildman–Crippen LogP) is 1.76. The standard InChI is InChI=1S/C12H17F3N4O2S/c1-9-2-5-16-11(18-9)17-8-10-3-6-19(7-4-10)22(20,21)12(13,14)15/h2,5,10H,3-4,6-8H2,1H3,(H,16,17,18). The van der Waals surface area contributed by atoms with Crippen molar-refractivity contribution < 1.29 is 21.6 Å². The third-order valence-electron chi connectivity index (χ3n) is 3.55. The smallest absolute Gasteiger partial charge is 0.354 e. The molecule has 0 saturated carbocycles. The van der Waals surface area contributed by atoms with Crippen LogP contribution < -0.4 is 5.32 Å². The molecule has 1 aromatic rings. The van der Waals surface area contributed by atoms with E-state index in [9.17, 15) is 21.6 Å². The first-order valence-corrected chi connectivity index (χ1v) is 8.24. The van der Waals surface area contributed by atoms with Gasteiger partial charge < -0.3 is 5.32 Å². The average molecular weight is 338 g/mol. The highest BCUT2D eigenvalue weighted by molar-refractivity contribution is 7.90. The van der Waals surface area contributed by atoms with E-state index in [2.05, 4.69) is 15.3 Å². The lowest BCUT2D eigenvalue weighted by molar-refractivity contribution is -0.0496. The van der Waals surface area contributed by atoms with E-state index in [1.165, 1.54) is 0 Å². The molecular formula is C12H17F3N4O2S. The zero-order valence-electron chi connectivity index (χ0n) is 12.0. The number of hydrogen-bond donors (Lipinski definition) is 1. The SMILES string of the molecule is Cc1ccnc(NCC2CCN(S(=O)(=O)C(F)(F)F)CC2)n1. The number of anilines is 1. The Morgan fingerprint density at radius 1 is 1.36 bits per heavy atom. The van der Waals surface area contributed by atoms with Crippen LogP contribution >= 0.6 is 0 Å². The molecule has 0 atom stereocenters. The fourth-order valence-corrected chi connectivity index (χ4v) is 3.25. The van der Waals surface area contributed by atoms with Crippen LogP contribution in [-0.4, -0.2) is 47.8 Å². The summed E-state index contributed by atoms with van der Waals surface area (Å²) in [4.78, 5) is 8.20. The van der Waals surface area contributed by atoms with Gasteiger partial charge in [-0.05, 0) is 31.7 Å². The number of sulfonamides is 1. The van der Waals surface area contributed by atoms with Crippen molar-refractivity contribution in [2.75, 3.05) is 25.0 Å². The molecule has 124 valence electrons. The number of aromatic nitrogens is 2. The van der Waals surface area contributed by atoms with Crippen LogP contribution in [0, 0.1) is 12.8 Å². The topological polar surface area (TPSA) is 75.2 Å². The second-order valence-electron chi connectivity index (χ2n) is 5.20. The third kappa shape index (κ3) is 3.86. The Morgan fingerprint density at radius 3 is 2.55 bits per heavy atom. The molecule has 1 aromatic heterocycles. The summed E-state index contributed by atoms with van der Waals surface area (Å²) >= 11 is 0. The van der Waals surface area contributed by atoms with Crippen LogP contribution in [0.4, 0.5) is 19.1 Å². The summed E-state index contributed by atoms with van der Waals surface area (Å²) in [5.74, 6) is 0.550. The van der Waals surface area contributed by atoms with E-state index in [1.807, 2.05) is 6.92 Å². The molecule has 22 heavy (non-hydrogen) atoms. The van der Waals surface area contributed by atoms with Crippen molar-refractivity contribution in [3.05, 3.63) is 18.0 Å². The highest BCUT2D eigenvalue weighted by atomic mass is 32.2. The van der Waals surface area contributed by atoms with E-state index < -0.39 is 15.5 Å². The zero-order valence-corrected chi connectivity index (χ0v) is 12.8. The van der Waals surface area contributed by atoms with Crippen molar-refractivity contribution in [3.8, 4) is 0 Å². The molecule has 2 heterocycles. The molecule has 2 rings (SSSR count). The van der Waals surface area contributed by atoms with Gasteiger partial charge in [-0.25, -0.2) is 18.4 Å². The largest absolute Gasteiger partial charge is 0.511 e. The van der Waals surface area contributed by atoms with Crippen molar-refractivity contribution in [1.82, 2.24) is 14.3 Å². The van der Waals surface area contributed by atoms with Crippen molar-refractivity contribution >= 4 is 16.0 Å². The summed E-state index contributed by atoms with van der Waals surface area (Å²) in [7, 11) is -5.21. The number of nitrogens with one attached hydrogen (secondary N) is 1. The van der Waals surface area contributed by atoms with Gasteiger partial charge in [0.1, 0.15) is 0 Å². The van der Waals surface area contributed by atoms with Crippen LogP contribution in [0.2, 0.25) is 0 Å². The minimum absolute atomic E-state index is 0.0868. The van der Waals surface area contributed by atoms with E-state index in [-0.39, 0.29) is 19.0 Å². The summed E-state index contributed by atoms with van der Waals surface area (Å²) in [6.07, 6.45) is 2.35. The van der Waals surface area contributed by atoms with Gasteiger partial charge in [-0.1, -0.05) is 0 Å². The van der Waals surface area contributed by atoms with Crippen molar-refractivity contribution in [2.24, 2.45) is 5.92 Å². The van der Waals surface area contributed by atoms with Crippen molar-refractivity contribution in [1.29, 1.82) is 0 Å². The summed E-state index contributed by atoms with van der Waals surface area (Å²) in [5, 5.41) is 3.03. The van der Waals surface area contributed by atoms with Gasteiger partial charge >= 0.3 is 15.5 Å². The summed E-state index contributed by atoms with van der Waals surface area (Å²) in [6, 6.07) is 1.76. The quantitative estimate of drug-likeness (QED) is 0.905. The van der Waals surface area contributed by atoms with Crippen LogP contribution in [0.3, 0.4) is 0 Å². The molecule has 1 fully saturated rings. The van der Waals surface area contributed by atoms with E-state index in [0.717, 1.165) is 5.69 Å². The normalized spacial score (nSPS) is 18.4. The molecule has 10 heteroatoms. The maximum absolute atomic E-state index is 12.5. The monoisotopic (exact) mass is 338 g/mol. The number of alkyl halides is 3. The molecule has 0 aromatic carbocycles. The lowest BCUT2D eigenvalue weighted by Gasteiger charge is -2.31.